The van der Waals surface area contributed by atoms with Crippen LogP contribution in [0.5, 0.6) is 0 Å². The van der Waals surface area contributed by atoms with Crippen LogP contribution in [0.1, 0.15) is 19.3 Å². The normalized spacial score (nSPS) is 22.9. The van der Waals surface area contributed by atoms with E-state index in [1.165, 1.54) is 4.90 Å². The highest BCUT2D eigenvalue weighted by Crippen LogP contribution is 2.16. The third kappa shape index (κ3) is 2.08. The van der Waals surface area contributed by atoms with Gasteiger partial charge in [-0.25, -0.2) is 4.79 Å². The van der Waals surface area contributed by atoms with Gasteiger partial charge in [-0.3, -0.25) is 9.69 Å². The molecule has 1 rings (SSSR count). The second-order valence-corrected chi connectivity index (χ2v) is 3.09. The molecule has 1 aliphatic rings. The van der Waals surface area contributed by atoms with Crippen LogP contribution in [-0.2, 0) is 4.79 Å². The van der Waals surface area contributed by atoms with Crippen molar-refractivity contribution in [1.29, 1.82) is 0 Å². The zero-order chi connectivity index (χ0) is 9.84. The zero-order valence-corrected chi connectivity index (χ0v) is 7.40. The van der Waals surface area contributed by atoms with Crippen molar-refractivity contribution in [2.75, 3.05) is 6.54 Å². The first-order valence-corrected chi connectivity index (χ1v) is 4.30. The summed E-state index contributed by atoms with van der Waals surface area (Å²) in [4.78, 5) is 23.3. The van der Waals surface area contributed by atoms with Crippen molar-refractivity contribution in [2.45, 2.75) is 25.3 Å². The molecule has 72 valence electrons. The summed E-state index contributed by atoms with van der Waals surface area (Å²) < 4.78 is 0. The number of carboxylic acid groups (broad SMARTS) is 1. The Bertz CT molecular complexity index is 237. The molecule has 0 bridgehead atoms. The summed E-state index contributed by atoms with van der Waals surface area (Å²) in [6, 6.07) is -0.497. The van der Waals surface area contributed by atoms with Crippen LogP contribution >= 0.6 is 0 Å². The van der Waals surface area contributed by atoms with Crippen LogP contribution in [0.25, 0.3) is 0 Å². The fraction of sp³-hybridized carbons (Fsp3) is 0.556. The number of likely N-dealkylation sites (tertiary alicyclic amines) is 1. The lowest BCUT2D eigenvalue weighted by Crippen LogP contribution is -2.48. The first kappa shape index (κ1) is 9.77. The Hall–Kier alpha value is -1.32. The van der Waals surface area contributed by atoms with Crippen LogP contribution < -0.4 is 0 Å². The van der Waals surface area contributed by atoms with Crippen molar-refractivity contribution in [1.82, 2.24) is 4.90 Å². The fourth-order valence-corrected chi connectivity index (χ4v) is 1.57. The maximum atomic E-state index is 11.3. The highest BCUT2D eigenvalue weighted by Gasteiger charge is 2.31. The number of amides is 1. The van der Waals surface area contributed by atoms with E-state index in [4.69, 9.17) is 5.11 Å². The molecular formula is C9H13NO3. The number of carbonyl (C=O) groups is 2. The molecule has 0 saturated carbocycles. The number of Topliss-reactive ketones (excluding diaryl/α,β-unsaturated/α-hetero) is 1. The van der Waals surface area contributed by atoms with Gasteiger partial charge in [-0.15, -0.1) is 6.58 Å². The number of ketones is 1. The molecule has 13 heavy (non-hydrogen) atoms. The third-order valence-corrected chi connectivity index (χ3v) is 2.21. The molecule has 1 fully saturated rings. The first-order valence-electron chi connectivity index (χ1n) is 4.30. The van der Waals surface area contributed by atoms with Gasteiger partial charge in [0.25, 0.3) is 0 Å². The van der Waals surface area contributed by atoms with E-state index in [2.05, 4.69) is 6.58 Å². The lowest BCUT2D eigenvalue weighted by Gasteiger charge is -2.31. The molecule has 0 spiro atoms. The molecule has 1 saturated heterocycles. The van der Waals surface area contributed by atoms with Gasteiger partial charge in [0.1, 0.15) is 0 Å². The van der Waals surface area contributed by atoms with Crippen LogP contribution in [0, 0.1) is 0 Å². The van der Waals surface area contributed by atoms with Crippen LogP contribution in [-0.4, -0.2) is 34.5 Å². The second-order valence-electron chi connectivity index (χ2n) is 3.09. The molecule has 0 aromatic carbocycles. The topological polar surface area (TPSA) is 57.6 Å². The molecule has 1 aliphatic heterocycles. The monoisotopic (exact) mass is 183 g/mol. The third-order valence-electron chi connectivity index (χ3n) is 2.21. The van der Waals surface area contributed by atoms with Crippen LogP contribution in [0.4, 0.5) is 4.79 Å². The van der Waals surface area contributed by atoms with Gasteiger partial charge < -0.3 is 5.11 Å². The number of hydrogen-bond donors (Lipinski definition) is 1. The van der Waals surface area contributed by atoms with E-state index in [1.54, 1.807) is 6.08 Å². The van der Waals surface area contributed by atoms with E-state index >= 15 is 0 Å². The minimum absolute atomic E-state index is 0.00792. The number of carbonyl (C=O) groups excluding carboxylic acids is 1. The van der Waals surface area contributed by atoms with Crippen LogP contribution in [0.3, 0.4) is 0 Å². The zero-order valence-electron chi connectivity index (χ0n) is 7.40. The van der Waals surface area contributed by atoms with E-state index in [9.17, 15) is 9.59 Å². The molecule has 0 aliphatic carbocycles. The average Bonchev–Trinajstić information content (AvgIpc) is 2.08. The Morgan fingerprint density at radius 3 is 3.00 bits per heavy atom. The molecule has 1 atom stereocenters. The van der Waals surface area contributed by atoms with Gasteiger partial charge >= 0.3 is 6.09 Å². The summed E-state index contributed by atoms with van der Waals surface area (Å²) >= 11 is 0. The van der Waals surface area contributed by atoms with Crippen molar-refractivity contribution in [3.8, 4) is 0 Å². The van der Waals surface area contributed by atoms with E-state index in [1.807, 2.05) is 0 Å². The van der Waals surface area contributed by atoms with E-state index in [0.29, 0.717) is 25.8 Å². The van der Waals surface area contributed by atoms with Gasteiger partial charge in [-0.2, -0.15) is 0 Å². The summed E-state index contributed by atoms with van der Waals surface area (Å²) in [5.41, 5.74) is 0. The average molecular weight is 183 g/mol. The lowest BCUT2D eigenvalue weighted by molar-refractivity contribution is -0.125. The smallest absolute Gasteiger partial charge is 0.407 e. The largest absolute Gasteiger partial charge is 0.465 e. The minimum atomic E-state index is -1.01. The van der Waals surface area contributed by atoms with E-state index in [0.717, 1.165) is 0 Å². The lowest BCUT2D eigenvalue weighted by atomic mass is 9.98. The summed E-state index contributed by atoms with van der Waals surface area (Å²) in [6.07, 6.45) is 2.12. The molecule has 1 N–H and O–H groups in total. The maximum Gasteiger partial charge on any atom is 0.407 e. The molecule has 1 unspecified atom stereocenters. The molecule has 0 aromatic rings. The Balaban J connectivity index is 2.73. The van der Waals surface area contributed by atoms with Gasteiger partial charge in [0, 0.05) is 13.0 Å². The van der Waals surface area contributed by atoms with Crippen molar-refractivity contribution in [2.24, 2.45) is 0 Å². The number of rotatable bonds is 2. The Labute approximate surface area is 76.8 Å². The summed E-state index contributed by atoms with van der Waals surface area (Å²) in [6.45, 7) is 3.97. The molecular weight excluding hydrogens is 170 g/mol. The predicted octanol–water partition coefficient (Wildman–Crippen LogP) is 1.27. The van der Waals surface area contributed by atoms with Gasteiger partial charge in [-0.05, 0) is 12.8 Å². The summed E-state index contributed by atoms with van der Waals surface area (Å²) in [5, 5.41) is 8.79. The molecule has 1 heterocycles. The molecule has 4 nitrogen and oxygen atoms in total. The van der Waals surface area contributed by atoms with Crippen molar-refractivity contribution in [3.05, 3.63) is 12.7 Å². The number of nitrogens with zero attached hydrogens (tertiary/aromatic N) is 1. The predicted molar refractivity (Wildman–Crippen MR) is 47.6 cm³/mol. The summed E-state index contributed by atoms with van der Waals surface area (Å²) in [7, 11) is 0. The van der Waals surface area contributed by atoms with E-state index < -0.39 is 12.1 Å². The molecule has 1 amide bonds. The van der Waals surface area contributed by atoms with Crippen molar-refractivity contribution >= 4 is 11.9 Å². The fourth-order valence-electron chi connectivity index (χ4n) is 1.57. The summed E-state index contributed by atoms with van der Waals surface area (Å²) in [5.74, 6) is 0.00792. The van der Waals surface area contributed by atoms with Crippen molar-refractivity contribution in [3.63, 3.8) is 0 Å². The molecule has 4 heteroatoms. The second kappa shape index (κ2) is 4.07. The SMILES string of the molecule is C=CCC1C(=O)CCCN1C(=O)O. The van der Waals surface area contributed by atoms with Gasteiger partial charge in [0.05, 0.1) is 6.04 Å². The molecule has 0 radical (unpaired) electrons. The van der Waals surface area contributed by atoms with Gasteiger partial charge in [-0.1, -0.05) is 6.08 Å². The minimum Gasteiger partial charge on any atom is -0.465 e. The van der Waals surface area contributed by atoms with E-state index in [-0.39, 0.29) is 5.78 Å². The highest BCUT2D eigenvalue weighted by molar-refractivity contribution is 5.88. The number of piperidine rings is 1. The Morgan fingerprint density at radius 2 is 2.46 bits per heavy atom. The van der Waals surface area contributed by atoms with Crippen LogP contribution in [0.15, 0.2) is 12.7 Å². The van der Waals surface area contributed by atoms with Gasteiger partial charge in [0.2, 0.25) is 0 Å². The maximum absolute atomic E-state index is 11.3. The van der Waals surface area contributed by atoms with Crippen LogP contribution in [0.2, 0.25) is 0 Å². The molecule has 0 aromatic heterocycles. The quantitative estimate of drug-likeness (QED) is 0.656. The highest BCUT2D eigenvalue weighted by atomic mass is 16.4. The van der Waals surface area contributed by atoms with Crippen molar-refractivity contribution < 1.29 is 14.7 Å². The first-order chi connectivity index (χ1) is 6.16. The Kier molecular flexibility index (Phi) is 3.06. The standard InChI is InChI=1S/C9H13NO3/c1-2-4-7-8(11)5-3-6-10(7)9(12)13/h2,7H,1,3-6H2,(H,12,13). The Morgan fingerprint density at radius 1 is 1.77 bits per heavy atom. The number of hydrogen-bond acceptors (Lipinski definition) is 2. The van der Waals surface area contributed by atoms with Gasteiger partial charge in [0.15, 0.2) is 5.78 Å².